The maximum absolute atomic E-state index is 12.0. The summed E-state index contributed by atoms with van der Waals surface area (Å²) in [5, 5.41) is 5.70. The number of nitrogens with one attached hydrogen (secondary N) is 3. The predicted octanol–water partition coefficient (Wildman–Crippen LogP) is 1.34. The van der Waals surface area contributed by atoms with Crippen LogP contribution >= 0.6 is 12.4 Å². The number of amides is 1. The smallest absolute Gasteiger partial charge is 0.240 e. The second kappa shape index (κ2) is 9.73. The van der Waals surface area contributed by atoms with Crippen molar-refractivity contribution in [3.05, 3.63) is 24.3 Å². The van der Waals surface area contributed by atoms with Crippen molar-refractivity contribution in [2.75, 3.05) is 25.0 Å². The number of halogens is 1. The van der Waals surface area contributed by atoms with Crippen LogP contribution in [0.4, 0.5) is 5.69 Å². The van der Waals surface area contributed by atoms with Gasteiger partial charge in [-0.05, 0) is 37.2 Å². The molecule has 0 aliphatic heterocycles. The minimum absolute atomic E-state index is 0. The van der Waals surface area contributed by atoms with Gasteiger partial charge in [-0.15, -0.1) is 12.4 Å². The molecular weight excluding hydrogens is 314 g/mol. The molecule has 0 bridgehead atoms. The molecule has 1 aromatic rings. The van der Waals surface area contributed by atoms with Crippen molar-refractivity contribution < 1.29 is 13.2 Å². The average Bonchev–Trinajstić information content (AvgIpc) is 2.38. The lowest BCUT2D eigenvalue weighted by Gasteiger charge is -2.08. The summed E-state index contributed by atoms with van der Waals surface area (Å²) in [6.07, 6.45) is 1.01. The number of carbonyl (C=O) groups is 1. The Bertz CT molecular complexity index is 532. The van der Waals surface area contributed by atoms with Gasteiger partial charge in [-0.3, -0.25) is 4.79 Å². The molecular formula is C13H22ClN3O3S. The van der Waals surface area contributed by atoms with Crippen molar-refractivity contribution in [1.82, 2.24) is 10.0 Å². The number of benzene rings is 1. The van der Waals surface area contributed by atoms with E-state index in [0.29, 0.717) is 18.8 Å². The fourth-order valence-electron chi connectivity index (χ4n) is 1.58. The van der Waals surface area contributed by atoms with Crippen LogP contribution in [-0.4, -0.2) is 34.0 Å². The maximum atomic E-state index is 12.0. The summed E-state index contributed by atoms with van der Waals surface area (Å²) in [4.78, 5) is 11.1. The Morgan fingerprint density at radius 3 is 2.24 bits per heavy atom. The minimum Gasteiger partial charge on any atom is -0.326 e. The van der Waals surface area contributed by atoms with Gasteiger partial charge in [-0.25, -0.2) is 13.1 Å². The molecule has 0 aliphatic rings. The van der Waals surface area contributed by atoms with Gasteiger partial charge in [0.25, 0.3) is 0 Å². The van der Waals surface area contributed by atoms with Gasteiger partial charge >= 0.3 is 0 Å². The molecule has 8 heteroatoms. The molecule has 1 aromatic carbocycles. The van der Waals surface area contributed by atoms with E-state index in [-0.39, 0.29) is 23.2 Å². The monoisotopic (exact) mass is 335 g/mol. The van der Waals surface area contributed by atoms with Crippen LogP contribution in [0.3, 0.4) is 0 Å². The SMILES string of the molecule is CCCNCCNS(=O)(=O)c1ccc(NC(C)=O)cc1.Cl. The van der Waals surface area contributed by atoms with Crippen LogP contribution < -0.4 is 15.4 Å². The fraction of sp³-hybridized carbons (Fsp3) is 0.462. The summed E-state index contributed by atoms with van der Waals surface area (Å²) < 4.78 is 26.5. The summed E-state index contributed by atoms with van der Waals surface area (Å²) in [5.41, 5.74) is 0.570. The third-order valence-corrected chi connectivity index (χ3v) is 3.98. The van der Waals surface area contributed by atoms with Crippen molar-refractivity contribution in [1.29, 1.82) is 0 Å². The Hall–Kier alpha value is -1.15. The van der Waals surface area contributed by atoms with E-state index in [1.807, 2.05) is 6.92 Å². The van der Waals surface area contributed by atoms with Gasteiger partial charge in [0.05, 0.1) is 4.90 Å². The molecule has 0 saturated heterocycles. The fourth-order valence-corrected chi connectivity index (χ4v) is 2.61. The number of hydrogen-bond donors (Lipinski definition) is 3. The third-order valence-electron chi connectivity index (χ3n) is 2.51. The first-order valence-corrected chi connectivity index (χ1v) is 8.02. The molecule has 0 spiro atoms. The minimum atomic E-state index is -3.50. The molecule has 0 atom stereocenters. The highest BCUT2D eigenvalue weighted by Crippen LogP contribution is 2.13. The molecule has 0 radical (unpaired) electrons. The summed E-state index contributed by atoms with van der Waals surface area (Å²) in [6.45, 7) is 5.25. The molecule has 0 saturated carbocycles. The number of rotatable bonds is 8. The van der Waals surface area contributed by atoms with Gasteiger partial charge in [0.2, 0.25) is 15.9 Å². The van der Waals surface area contributed by atoms with Crippen LogP contribution in [0.15, 0.2) is 29.2 Å². The first kappa shape index (κ1) is 19.9. The molecule has 1 amide bonds. The average molecular weight is 336 g/mol. The summed E-state index contributed by atoms with van der Waals surface area (Å²) in [5.74, 6) is -0.194. The number of hydrogen-bond acceptors (Lipinski definition) is 4. The molecule has 1 rings (SSSR count). The lowest BCUT2D eigenvalue weighted by molar-refractivity contribution is -0.114. The lowest BCUT2D eigenvalue weighted by atomic mass is 10.3. The second-order valence-electron chi connectivity index (χ2n) is 4.35. The summed E-state index contributed by atoms with van der Waals surface area (Å²) in [7, 11) is -3.50. The summed E-state index contributed by atoms with van der Waals surface area (Å²) >= 11 is 0. The van der Waals surface area contributed by atoms with E-state index in [4.69, 9.17) is 0 Å². The quantitative estimate of drug-likeness (QED) is 0.626. The topological polar surface area (TPSA) is 87.3 Å². The largest absolute Gasteiger partial charge is 0.326 e. The van der Waals surface area contributed by atoms with Gasteiger partial charge in [-0.2, -0.15) is 0 Å². The molecule has 3 N–H and O–H groups in total. The zero-order valence-corrected chi connectivity index (χ0v) is 13.8. The highest BCUT2D eigenvalue weighted by molar-refractivity contribution is 7.89. The van der Waals surface area contributed by atoms with Crippen molar-refractivity contribution >= 4 is 34.0 Å². The molecule has 0 unspecified atom stereocenters. The third kappa shape index (κ3) is 7.42. The van der Waals surface area contributed by atoms with Crippen molar-refractivity contribution in [2.45, 2.75) is 25.2 Å². The molecule has 21 heavy (non-hydrogen) atoms. The zero-order chi connectivity index (χ0) is 15.0. The number of carbonyl (C=O) groups excluding carboxylic acids is 1. The van der Waals surface area contributed by atoms with E-state index >= 15 is 0 Å². The summed E-state index contributed by atoms with van der Waals surface area (Å²) in [6, 6.07) is 6.05. The van der Waals surface area contributed by atoms with E-state index in [0.717, 1.165) is 13.0 Å². The molecule has 6 nitrogen and oxygen atoms in total. The Balaban J connectivity index is 0.00000400. The first-order chi connectivity index (χ1) is 9.45. The van der Waals surface area contributed by atoms with Crippen molar-refractivity contribution in [3.8, 4) is 0 Å². The Morgan fingerprint density at radius 1 is 1.10 bits per heavy atom. The molecule has 0 heterocycles. The van der Waals surface area contributed by atoms with Gasteiger partial charge < -0.3 is 10.6 Å². The lowest BCUT2D eigenvalue weighted by Crippen LogP contribution is -2.32. The van der Waals surface area contributed by atoms with Gasteiger partial charge in [-0.1, -0.05) is 6.92 Å². The second-order valence-corrected chi connectivity index (χ2v) is 6.12. The number of anilines is 1. The van der Waals surface area contributed by atoms with Crippen LogP contribution in [0.5, 0.6) is 0 Å². The van der Waals surface area contributed by atoms with Crippen LogP contribution in [-0.2, 0) is 14.8 Å². The molecule has 0 aliphatic carbocycles. The molecule has 120 valence electrons. The number of sulfonamides is 1. The first-order valence-electron chi connectivity index (χ1n) is 6.53. The highest BCUT2D eigenvalue weighted by atomic mass is 35.5. The van der Waals surface area contributed by atoms with Crippen LogP contribution in [0, 0.1) is 0 Å². The van der Waals surface area contributed by atoms with E-state index in [1.54, 1.807) is 12.1 Å². The Morgan fingerprint density at radius 2 is 1.71 bits per heavy atom. The van der Waals surface area contributed by atoms with E-state index in [9.17, 15) is 13.2 Å². The van der Waals surface area contributed by atoms with Gasteiger partial charge in [0.1, 0.15) is 0 Å². The van der Waals surface area contributed by atoms with E-state index in [1.165, 1.54) is 19.1 Å². The van der Waals surface area contributed by atoms with Gasteiger partial charge in [0, 0.05) is 25.7 Å². The molecule has 0 aromatic heterocycles. The van der Waals surface area contributed by atoms with E-state index in [2.05, 4.69) is 15.4 Å². The van der Waals surface area contributed by atoms with Crippen LogP contribution in [0.1, 0.15) is 20.3 Å². The van der Waals surface area contributed by atoms with Crippen molar-refractivity contribution in [3.63, 3.8) is 0 Å². The normalized spacial score (nSPS) is 10.8. The van der Waals surface area contributed by atoms with Crippen molar-refractivity contribution in [2.24, 2.45) is 0 Å². The standard InChI is InChI=1S/C13H21N3O3S.ClH/c1-3-8-14-9-10-15-20(18,19)13-6-4-12(5-7-13)16-11(2)17;/h4-7,14-15H,3,8-10H2,1-2H3,(H,16,17);1H. The zero-order valence-electron chi connectivity index (χ0n) is 12.2. The van der Waals surface area contributed by atoms with E-state index < -0.39 is 10.0 Å². The maximum Gasteiger partial charge on any atom is 0.240 e. The Labute approximate surface area is 132 Å². The molecule has 0 fully saturated rings. The Kier molecular flexibility index (Phi) is 9.19. The highest BCUT2D eigenvalue weighted by Gasteiger charge is 2.12. The predicted molar refractivity (Wildman–Crippen MR) is 86.3 cm³/mol. The van der Waals surface area contributed by atoms with Crippen LogP contribution in [0.2, 0.25) is 0 Å². The van der Waals surface area contributed by atoms with Gasteiger partial charge in [0.15, 0.2) is 0 Å². The van der Waals surface area contributed by atoms with Crippen LogP contribution in [0.25, 0.3) is 0 Å².